The lowest BCUT2D eigenvalue weighted by molar-refractivity contribution is -0.129. The summed E-state index contributed by atoms with van der Waals surface area (Å²) in [6, 6.07) is 0.0972. The van der Waals surface area contributed by atoms with E-state index in [9.17, 15) is 4.79 Å². The third kappa shape index (κ3) is 2.91. The Bertz CT molecular complexity index is 232. The number of hydrogen-bond acceptors (Lipinski definition) is 1. The SMILES string of the molecule is CC(C)(CCl)C(=O)NC1CC(Cl)(Cl)C1. The molecule has 0 unspecified atom stereocenters. The monoisotopic (exact) mass is 257 g/mol. The van der Waals surface area contributed by atoms with E-state index in [1.54, 1.807) is 0 Å². The summed E-state index contributed by atoms with van der Waals surface area (Å²) in [7, 11) is 0. The number of hydrogen-bond donors (Lipinski definition) is 1. The van der Waals surface area contributed by atoms with Gasteiger partial charge in [0.1, 0.15) is 4.33 Å². The summed E-state index contributed by atoms with van der Waals surface area (Å²) in [6.45, 7) is 3.62. The van der Waals surface area contributed by atoms with Crippen LogP contribution in [0.1, 0.15) is 26.7 Å². The highest BCUT2D eigenvalue weighted by atomic mass is 35.5. The van der Waals surface area contributed by atoms with Crippen LogP contribution >= 0.6 is 34.8 Å². The number of rotatable bonds is 3. The van der Waals surface area contributed by atoms with Crippen molar-refractivity contribution in [2.24, 2.45) is 5.41 Å². The zero-order valence-electron chi connectivity index (χ0n) is 8.24. The van der Waals surface area contributed by atoms with Crippen molar-refractivity contribution in [2.45, 2.75) is 37.1 Å². The molecule has 82 valence electrons. The number of carbonyl (C=O) groups is 1. The maximum atomic E-state index is 11.6. The van der Waals surface area contributed by atoms with Crippen molar-refractivity contribution in [3.8, 4) is 0 Å². The van der Waals surface area contributed by atoms with Gasteiger partial charge in [-0.05, 0) is 13.8 Å². The van der Waals surface area contributed by atoms with E-state index in [0.717, 1.165) is 0 Å². The molecule has 1 aliphatic carbocycles. The number of amides is 1. The summed E-state index contributed by atoms with van der Waals surface area (Å²) in [6.07, 6.45) is 1.22. The first-order valence-corrected chi connectivity index (χ1v) is 5.81. The molecule has 1 fully saturated rings. The van der Waals surface area contributed by atoms with E-state index >= 15 is 0 Å². The van der Waals surface area contributed by atoms with Crippen molar-refractivity contribution >= 4 is 40.7 Å². The maximum Gasteiger partial charge on any atom is 0.227 e. The van der Waals surface area contributed by atoms with Crippen LogP contribution in [0.25, 0.3) is 0 Å². The molecule has 1 saturated carbocycles. The van der Waals surface area contributed by atoms with Gasteiger partial charge >= 0.3 is 0 Å². The molecule has 0 aromatic rings. The van der Waals surface area contributed by atoms with Crippen molar-refractivity contribution in [1.29, 1.82) is 0 Å². The van der Waals surface area contributed by atoms with Gasteiger partial charge in [-0.1, -0.05) is 0 Å². The lowest BCUT2D eigenvalue weighted by Gasteiger charge is -2.39. The average Bonchev–Trinajstić information content (AvgIpc) is 2.01. The third-order valence-corrected chi connectivity index (χ3v) is 3.66. The zero-order valence-corrected chi connectivity index (χ0v) is 10.5. The number of carbonyl (C=O) groups excluding carboxylic acids is 1. The molecule has 1 aliphatic rings. The van der Waals surface area contributed by atoms with Gasteiger partial charge in [0.15, 0.2) is 0 Å². The predicted molar refractivity (Wildman–Crippen MR) is 60.1 cm³/mol. The van der Waals surface area contributed by atoms with E-state index in [4.69, 9.17) is 34.8 Å². The molecule has 0 saturated heterocycles. The minimum absolute atomic E-state index is 0.0404. The van der Waals surface area contributed by atoms with Crippen molar-refractivity contribution in [3.05, 3.63) is 0 Å². The molecule has 0 atom stereocenters. The molecule has 0 heterocycles. The molecule has 0 spiro atoms. The van der Waals surface area contributed by atoms with Crippen molar-refractivity contribution in [1.82, 2.24) is 5.32 Å². The van der Waals surface area contributed by atoms with E-state index in [-0.39, 0.29) is 11.9 Å². The second-order valence-electron chi connectivity index (χ2n) is 4.45. The van der Waals surface area contributed by atoms with Gasteiger partial charge in [-0.15, -0.1) is 34.8 Å². The number of halogens is 3. The van der Waals surface area contributed by atoms with Crippen molar-refractivity contribution in [3.63, 3.8) is 0 Å². The Morgan fingerprint density at radius 1 is 1.50 bits per heavy atom. The Labute approximate surface area is 99.3 Å². The summed E-state index contributed by atoms with van der Waals surface area (Å²) >= 11 is 17.3. The van der Waals surface area contributed by atoms with Gasteiger partial charge in [0, 0.05) is 24.8 Å². The highest BCUT2D eigenvalue weighted by molar-refractivity contribution is 6.49. The second kappa shape index (κ2) is 4.07. The van der Waals surface area contributed by atoms with Crippen LogP contribution in [0.2, 0.25) is 0 Å². The molecule has 14 heavy (non-hydrogen) atoms. The molecule has 0 radical (unpaired) electrons. The number of alkyl halides is 3. The summed E-state index contributed by atoms with van der Waals surface area (Å²) < 4.78 is -0.650. The second-order valence-corrected chi connectivity index (χ2v) is 6.36. The molecule has 2 nitrogen and oxygen atoms in total. The first-order chi connectivity index (χ1) is 6.27. The summed E-state index contributed by atoms with van der Waals surface area (Å²) in [5, 5.41) is 2.87. The Kier molecular flexibility index (Phi) is 3.61. The van der Waals surface area contributed by atoms with Crippen LogP contribution in [0.3, 0.4) is 0 Å². The van der Waals surface area contributed by atoms with Gasteiger partial charge in [-0.3, -0.25) is 4.79 Å². The lowest BCUT2D eigenvalue weighted by atomic mass is 9.88. The van der Waals surface area contributed by atoms with Crippen LogP contribution in [-0.4, -0.2) is 22.2 Å². The van der Waals surface area contributed by atoms with E-state index < -0.39 is 9.75 Å². The predicted octanol–water partition coefficient (Wildman–Crippen LogP) is 2.70. The van der Waals surface area contributed by atoms with Crippen LogP contribution in [-0.2, 0) is 4.79 Å². The zero-order chi connectivity index (χ0) is 11.0. The fraction of sp³-hybridized carbons (Fsp3) is 0.889. The topological polar surface area (TPSA) is 29.1 Å². The van der Waals surface area contributed by atoms with E-state index in [2.05, 4.69) is 5.32 Å². The van der Waals surface area contributed by atoms with Gasteiger partial charge in [-0.25, -0.2) is 0 Å². The highest BCUT2D eigenvalue weighted by Crippen LogP contribution is 2.42. The molecule has 1 rings (SSSR count). The maximum absolute atomic E-state index is 11.6. The quantitative estimate of drug-likeness (QED) is 0.775. The van der Waals surface area contributed by atoms with Crippen molar-refractivity contribution in [2.75, 3.05) is 5.88 Å². The third-order valence-electron chi connectivity index (χ3n) is 2.37. The standard InChI is InChI=1S/C9H14Cl3NO/c1-8(2,5-10)7(14)13-6-3-9(11,12)4-6/h6H,3-5H2,1-2H3,(H,13,14). The summed E-state index contributed by atoms with van der Waals surface area (Å²) in [5.74, 6) is 0.264. The van der Waals surface area contributed by atoms with Crippen LogP contribution in [0.15, 0.2) is 0 Å². The summed E-state index contributed by atoms with van der Waals surface area (Å²) in [4.78, 5) is 11.6. The van der Waals surface area contributed by atoms with Gasteiger partial charge in [0.2, 0.25) is 5.91 Å². The molecular weight excluding hydrogens is 244 g/mol. The highest BCUT2D eigenvalue weighted by Gasteiger charge is 2.43. The molecule has 5 heteroatoms. The van der Waals surface area contributed by atoms with Gasteiger partial charge in [-0.2, -0.15) is 0 Å². The Hall–Kier alpha value is 0.340. The van der Waals surface area contributed by atoms with Crippen LogP contribution in [0, 0.1) is 5.41 Å². The molecule has 0 aromatic carbocycles. The summed E-state index contributed by atoms with van der Waals surface area (Å²) in [5.41, 5.74) is -0.529. The fourth-order valence-electron chi connectivity index (χ4n) is 1.20. The van der Waals surface area contributed by atoms with Crippen LogP contribution in [0.5, 0.6) is 0 Å². The Morgan fingerprint density at radius 2 is 2.00 bits per heavy atom. The molecule has 1 amide bonds. The van der Waals surface area contributed by atoms with Crippen LogP contribution < -0.4 is 5.32 Å². The first kappa shape index (κ1) is 12.4. The first-order valence-electron chi connectivity index (χ1n) is 4.52. The molecule has 0 aromatic heterocycles. The Balaban J connectivity index is 2.37. The molecular formula is C9H14Cl3NO. The lowest BCUT2D eigenvalue weighted by Crippen LogP contribution is -2.52. The van der Waals surface area contributed by atoms with E-state index in [0.29, 0.717) is 18.7 Å². The largest absolute Gasteiger partial charge is 0.353 e. The van der Waals surface area contributed by atoms with E-state index in [1.807, 2.05) is 13.8 Å². The molecule has 1 N–H and O–H groups in total. The fourth-order valence-corrected chi connectivity index (χ4v) is 2.07. The van der Waals surface area contributed by atoms with Crippen molar-refractivity contribution < 1.29 is 4.79 Å². The normalized spacial score (nSPS) is 21.5. The minimum atomic E-state index is -0.650. The molecule has 0 bridgehead atoms. The Morgan fingerprint density at radius 3 is 2.36 bits per heavy atom. The molecule has 0 aliphatic heterocycles. The van der Waals surface area contributed by atoms with Crippen LogP contribution in [0.4, 0.5) is 0 Å². The smallest absolute Gasteiger partial charge is 0.227 e. The average molecular weight is 259 g/mol. The van der Waals surface area contributed by atoms with Gasteiger partial charge < -0.3 is 5.32 Å². The van der Waals surface area contributed by atoms with Gasteiger partial charge in [0.05, 0.1) is 5.41 Å². The van der Waals surface area contributed by atoms with Gasteiger partial charge in [0.25, 0.3) is 0 Å². The number of nitrogens with one attached hydrogen (secondary N) is 1. The van der Waals surface area contributed by atoms with E-state index in [1.165, 1.54) is 0 Å². The minimum Gasteiger partial charge on any atom is -0.353 e.